The van der Waals surface area contributed by atoms with Crippen LogP contribution in [0, 0.1) is 0 Å². The first-order valence-corrected chi connectivity index (χ1v) is 9.57. The highest BCUT2D eigenvalue weighted by Gasteiger charge is 2.39. The van der Waals surface area contributed by atoms with E-state index < -0.39 is 15.1 Å². The van der Waals surface area contributed by atoms with E-state index in [9.17, 15) is 13.2 Å². The smallest absolute Gasteiger partial charge is 0.317 e. The summed E-state index contributed by atoms with van der Waals surface area (Å²) in [7, 11) is -3.29. The second-order valence-electron chi connectivity index (χ2n) is 5.88. The highest BCUT2D eigenvalue weighted by Crippen LogP contribution is 2.20. The third kappa shape index (κ3) is 3.97. The van der Waals surface area contributed by atoms with Gasteiger partial charge in [0, 0.05) is 19.6 Å². The topological polar surface area (TPSA) is 79.6 Å². The number of furan rings is 1. The van der Waals surface area contributed by atoms with Crippen molar-refractivity contribution in [3.8, 4) is 0 Å². The Kier molecular flexibility index (Phi) is 4.89. The Bertz CT molecular complexity index is 766. The van der Waals surface area contributed by atoms with Gasteiger partial charge in [0.25, 0.3) is 0 Å². The van der Waals surface area contributed by atoms with Gasteiger partial charge in [-0.1, -0.05) is 30.3 Å². The number of hydrogen-bond donors (Lipinski definition) is 1. The first-order valence-electron chi connectivity index (χ1n) is 7.85. The molecule has 1 N–H and O–H groups in total. The van der Waals surface area contributed by atoms with Crippen molar-refractivity contribution in [3.63, 3.8) is 0 Å². The van der Waals surface area contributed by atoms with Gasteiger partial charge in [-0.25, -0.2) is 13.2 Å². The third-order valence-electron chi connectivity index (χ3n) is 4.10. The number of benzene rings is 1. The van der Waals surface area contributed by atoms with E-state index in [1.54, 1.807) is 12.1 Å². The van der Waals surface area contributed by atoms with Crippen LogP contribution in [-0.4, -0.2) is 44.2 Å². The maximum Gasteiger partial charge on any atom is 0.317 e. The number of rotatable bonds is 6. The van der Waals surface area contributed by atoms with Crippen molar-refractivity contribution in [3.05, 3.63) is 60.1 Å². The molecule has 1 aromatic carbocycles. The summed E-state index contributed by atoms with van der Waals surface area (Å²) in [5.41, 5.74) is 1.15. The molecule has 6 nitrogen and oxygen atoms in total. The van der Waals surface area contributed by atoms with Crippen molar-refractivity contribution in [1.82, 2.24) is 10.2 Å². The quantitative estimate of drug-likeness (QED) is 0.864. The summed E-state index contributed by atoms with van der Waals surface area (Å²) < 4.78 is 29.5. The number of likely N-dealkylation sites (tertiary alicyclic amines) is 1. The van der Waals surface area contributed by atoms with Crippen LogP contribution in [0.3, 0.4) is 0 Å². The molecule has 128 valence electrons. The van der Waals surface area contributed by atoms with Gasteiger partial charge in [-0.3, -0.25) is 0 Å². The fourth-order valence-corrected chi connectivity index (χ4v) is 4.22. The molecule has 1 fully saturated rings. The molecule has 0 unspecified atom stereocenters. The van der Waals surface area contributed by atoms with E-state index in [0.29, 0.717) is 12.3 Å². The molecule has 24 heavy (non-hydrogen) atoms. The second kappa shape index (κ2) is 7.09. The van der Waals surface area contributed by atoms with Gasteiger partial charge in [0.15, 0.2) is 9.84 Å². The predicted octanol–water partition coefficient (Wildman–Crippen LogP) is 1.83. The molecule has 2 amide bonds. The minimum absolute atomic E-state index is 0.117. The number of carbonyl (C=O) groups excluding carboxylic acids is 1. The van der Waals surface area contributed by atoms with Crippen molar-refractivity contribution < 1.29 is 17.6 Å². The van der Waals surface area contributed by atoms with Crippen LogP contribution in [0.1, 0.15) is 11.3 Å². The SMILES string of the molecule is O=C(NCCc1ccccc1)N1CC(S(=O)(=O)Cc2ccco2)C1. The lowest BCUT2D eigenvalue weighted by atomic mass is 10.1. The van der Waals surface area contributed by atoms with Crippen LogP contribution in [0.15, 0.2) is 53.1 Å². The maximum absolute atomic E-state index is 12.2. The van der Waals surface area contributed by atoms with Gasteiger partial charge < -0.3 is 14.6 Å². The molecule has 0 bridgehead atoms. The molecule has 0 saturated carbocycles. The molecular formula is C17H20N2O4S. The number of carbonyl (C=O) groups is 1. The zero-order valence-corrected chi connectivity index (χ0v) is 14.0. The Morgan fingerprint density at radius 2 is 1.92 bits per heavy atom. The van der Waals surface area contributed by atoms with Crippen molar-refractivity contribution in [1.29, 1.82) is 0 Å². The normalized spacial score (nSPS) is 15.1. The molecule has 3 rings (SSSR count). The molecule has 0 aliphatic carbocycles. The Labute approximate surface area is 141 Å². The van der Waals surface area contributed by atoms with Gasteiger partial charge in [-0.05, 0) is 24.1 Å². The van der Waals surface area contributed by atoms with Gasteiger partial charge in [0.2, 0.25) is 0 Å². The number of nitrogens with one attached hydrogen (secondary N) is 1. The van der Waals surface area contributed by atoms with Crippen LogP contribution in [0.5, 0.6) is 0 Å². The Hall–Kier alpha value is -2.28. The van der Waals surface area contributed by atoms with Crippen LogP contribution in [-0.2, 0) is 22.0 Å². The van der Waals surface area contributed by atoms with Gasteiger partial charge >= 0.3 is 6.03 Å². The highest BCUT2D eigenvalue weighted by molar-refractivity contribution is 7.91. The van der Waals surface area contributed by atoms with E-state index in [1.165, 1.54) is 11.2 Å². The van der Waals surface area contributed by atoms with E-state index >= 15 is 0 Å². The predicted molar refractivity (Wildman–Crippen MR) is 90.2 cm³/mol. The van der Waals surface area contributed by atoms with Crippen LogP contribution in [0.4, 0.5) is 4.79 Å². The lowest BCUT2D eigenvalue weighted by molar-refractivity contribution is 0.169. The third-order valence-corrected chi connectivity index (χ3v) is 6.10. The minimum atomic E-state index is -3.29. The molecule has 0 spiro atoms. The fourth-order valence-electron chi connectivity index (χ4n) is 2.61. The monoisotopic (exact) mass is 348 g/mol. The standard InChI is InChI=1S/C17H20N2O4S/c20-17(18-9-8-14-5-2-1-3-6-14)19-11-16(12-19)24(21,22)13-15-7-4-10-23-15/h1-7,10,16H,8-9,11-13H2,(H,18,20). The molecule has 1 aliphatic heterocycles. The lowest BCUT2D eigenvalue weighted by Crippen LogP contribution is -2.59. The zero-order chi connectivity index (χ0) is 17.0. The minimum Gasteiger partial charge on any atom is -0.468 e. The number of hydrogen-bond acceptors (Lipinski definition) is 4. The van der Waals surface area contributed by atoms with Crippen LogP contribution < -0.4 is 5.32 Å². The summed E-state index contributed by atoms with van der Waals surface area (Å²) in [5, 5.41) is 2.31. The lowest BCUT2D eigenvalue weighted by Gasteiger charge is -2.38. The summed E-state index contributed by atoms with van der Waals surface area (Å²) in [6.07, 6.45) is 2.21. The largest absolute Gasteiger partial charge is 0.468 e. The maximum atomic E-state index is 12.2. The molecule has 0 radical (unpaired) electrons. The average Bonchev–Trinajstić information content (AvgIpc) is 2.98. The molecule has 2 aromatic rings. The van der Waals surface area contributed by atoms with Crippen molar-refractivity contribution >= 4 is 15.9 Å². The average molecular weight is 348 g/mol. The second-order valence-corrected chi connectivity index (χ2v) is 8.16. The van der Waals surface area contributed by atoms with E-state index in [4.69, 9.17) is 4.42 Å². The molecule has 0 atom stereocenters. The number of nitrogens with zero attached hydrogens (tertiary/aromatic N) is 1. The van der Waals surface area contributed by atoms with E-state index in [-0.39, 0.29) is 24.9 Å². The van der Waals surface area contributed by atoms with E-state index in [2.05, 4.69) is 5.32 Å². The zero-order valence-electron chi connectivity index (χ0n) is 13.2. The summed E-state index contributed by atoms with van der Waals surface area (Å²) in [4.78, 5) is 13.5. The number of sulfone groups is 1. The van der Waals surface area contributed by atoms with Crippen molar-refractivity contribution in [2.45, 2.75) is 17.4 Å². The molecular weight excluding hydrogens is 328 g/mol. The van der Waals surface area contributed by atoms with Crippen molar-refractivity contribution in [2.24, 2.45) is 0 Å². The highest BCUT2D eigenvalue weighted by atomic mass is 32.2. The van der Waals surface area contributed by atoms with Crippen molar-refractivity contribution in [2.75, 3.05) is 19.6 Å². The summed E-state index contributed by atoms with van der Waals surface area (Å²) >= 11 is 0. The molecule has 7 heteroatoms. The molecule has 1 aliphatic rings. The molecule has 1 saturated heterocycles. The van der Waals surface area contributed by atoms with Gasteiger partial charge in [-0.15, -0.1) is 0 Å². The first kappa shape index (κ1) is 16.6. The van der Waals surface area contributed by atoms with E-state index in [0.717, 1.165) is 12.0 Å². The first-order chi connectivity index (χ1) is 11.5. The number of amides is 2. The molecule has 2 heterocycles. The summed E-state index contributed by atoms with van der Waals surface area (Å²) in [6, 6.07) is 13.0. The van der Waals surface area contributed by atoms with Gasteiger partial charge in [0.05, 0.1) is 11.5 Å². The van der Waals surface area contributed by atoms with E-state index in [1.807, 2.05) is 30.3 Å². The van der Waals surface area contributed by atoms with Gasteiger partial charge in [-0.2, -0.15) is 0 Å². The Morgan fingerprint density at radius 3 is 2.58 bits per heavy atom. The van der Waals surface area contributed by atoms with Crippen LogP contribution in [0.25, 0.3) is 0 Å². The summed E-state index contributed by atoms with van der Waals surface area (Å²) in [5.74, 6) is 0.314. The molecule has 1 aromatic heterocycles. The number of urea groups is 1. The van der Waals surface area contributed by atoms with Crippen LogP contribution >= 0.6 is 0 Å². The fraction of sp³-hybridized carbons (Fsp3) is 0.353. The Morgan fingerprint density at radius 1 is 1.17 bits per heavy atom. The summed E-state index contributed by atoms with van der Waals surface area (Å²) in [6.45, 7) is 1.00. The van der Waals surface area contributed by atoms with Crippen LogP contribution in [0.2, 0.25) is 0 Å². The Balaban J connectivity index is 1.41. The van der Waals surface area contributed by atoms with Gasteiger partial charge in [0.1, 0.15) is 11.5 Å².